The Morgan fingerprint density at radius 2 is 1.94 bits per heavy atom. The van der Waals surface area contributed by atoms with Crippen LogP contribution in [0.1, 0.15) is 36.1 Å². The van der Waals surface area contributed by atoms with Crippen molar-refractivity contribution in [3.05, 3.63) is 34.9 Å². The standard InChI is InChI=1S/C14H19NO3/c1-4-8-15(9-16)13(14(17)18)12-10(2)6-5-7-11(12)3/h5-7,9,13H,4,8H2,1-3H3,(H,17,18). The molecule has 1 unspecified atom stereocenters. The van der Waals surface area contributed by atoms with Crippen molar-refractivity contribution in [2.24, 2.45) is 0 Å². The van der Waals surface area contributed by atoms with Crippen LogP contribution < -0.4 is 0 Å². The number of hydrogen-bond donors (Lipinski definition) is 1. The lowest BCUT2D eigenvalue weighted by Crippen LogP contribution is -2.34. The number of nitrogens with zero attached hydrogens (tertiary/aromatic N) is 1. The topological polar surface area (TPSA) is 57.6 Å². The van der Waals surface area contributed by atoms with Crippen molar-refractivity contribution in [3.8, 4) is 0 Å². The number of carbonyl (C=O) groups is 2. The van der Waals surface area contributed by atoms with Crippen LogP contribution in [-0.2, 0) is 9.59 Å². The Morgan fingerprint density at radius 3 is 2.33 bits per heavy atom. The molecule has 0 bridgehead atoms. The van der Waals surface area contributed by atoms with Gasteiger partial charge in [-0.05, 0) is 37.0 Å². The smallest absolute Gasteiger partial charge is 0.331 e. The number of carboxylic acid groups (broad SMARTS) is 1. The summed E-state index contributed by atoms with van der Waals surface area (Å²) >= 11 is 0. The Balaban J connectivity index is 3.27. The van der Waals surface area contributed by atoms with E-state index in [0.29, 0.717) is 18.5 Å². The number of carbonyl (C=O) groups excluding carboxylic acids is 1. The first-order chi connectivity index (χ1) is 8.52. The second-order valence-electron chi connectivity index (χ2n) is 4.39. The number of aliphatic carboxylic acids is 1. The van der Waals surface area contributed by atoms with E-state index in [0.717, 1.165) is 17.5 Å². The summed E-state index contributed by atoms with van der Waals surface area (Å²) in [6.45, 7) is 6.09. The van der Waals surface area contributed by atoms with Gasteiger partial charge in [0.25, 0.3) is 0 Å². The summed E-state index contributed by atoms with van der Waals surface area (Å²) in [5.41, 5.74) is 2.50. The number of aryl methyl sites for hydroxylation is 2. The number of carboxylic acids is 1. The molecule has 0 saturated heterocycles. The SMILES string of the molecule is CCCN(C=O)C(C(=O)O)c1c(C)cccc1C. The van der Waals surface area contributed by atoms with Gasteiger partial charge < -0.3 is 10.0 Å². The summed E-state index contributed by atoms with van der Waals surface area (Å²) in [7, 11) is 0. The molecule has 1 amide bonds. The van der Waals surface area contributed by atoms with E-state index < -0.39 is 12.0 Å². The van der Waals surface area contributed by atoms with E-state index in [4.69, 9.17) is 0 Å². The fraction of sp³-hybridized carbons (Fsp3) is 0.429. The predicted molar refractivity (Wildman–Crippen MR) is 69.4 cm³/mol. The van der Waals surface area contributed by atoms with Gasteiger partial charge in [-0.2, -0.15) is 0 Å². The minimum absolute atomic E-state index is 0.439. The molecule has 0 saturated carbocycles. The van der Waals surface area contributed by atoms with E-state index in [-0.39, 0.29) is 0 Å². The van der Waals surface area contributed by atoms with E-state index in [9.17, 15) is 14.7 Å². The molecule has 1 rings (SSSR count). The van der Waals surface area contributed by atoms with Gasteiger partial charge in [0, 0.05) is 6.54 Å². The normalized spacial score (nSPS) is 11.9. The summed E-state index contributed by atoms with van der Waals surface area (Å²) < 4.78 is 0. The highest BCUT2D eigenvalue weighted by Gasteiger charge is 2.28. The molecule has 1 aromatic rings. The van der Waals surface area contributed by atoms with E-state index in [1.807, 2.05) is 39.0 Å². The van der Waals surface area contributed by atoms with Crippen molar-refractivity contribution in [2.75, 3.05) is 6.54 Å². The highest BCUT2D eigenvalue weighted by Crippen LogP contribution is 2.26. The van der Waals surface area contributed by atoms with Gasteiger partial charge in [0.1, 0.15) is 0 Å². The van der Waals surface area contributed by atoms with Gasteiger partial charge in [-0.3, -0.25) is 4.79 Å². The van der Waals surface area contributed by atoms with Gasteiger partial charge in [0.15, 0.2) is 6.04 Å². The first kappa shape index (κ1) is 14.2. The molecule has 0 fully saturated rings. The quantitative estimate of drug-likeness (QED) is 0.787. The third-order valence-corrected chi connectivity index (χ3v) is 3.00. The molecule has 0 aliphatic rings. The zero-order valence-electron chi connectivity index (χ0n) is 11.0. The molecule has 0 aromatic heterocycles. The van der Waals surface area contributed by atoms with Crippen LogP contribution in [0.3, 0.4) is 0 Å². The molecule has 1 aromatic carbocycles. The minimum atomic E-state index is -0.993. The molecule has 0 aliphatic carbocycles. The van der Waals surface area contributed by atoms with Gasteiger partial charge in [-0.15, -0.1) is 0 Å². The molecule has 0 spiro atoms. The van der Waals surface area contributed by atoms with Gasteiger partial charge in [0.05, 0.1) is 0 Å². The molecule has 1 N–H and O–H groups in total. The highest BCUT2D eigenvalue weighted by molar-refractivity contribution is 5.79. The van der Waals surface area contributed by atoms with Gasteiger partial charge in [-0.1, -0.05) is 25.1 Å². The summed E-state index contributed by atoms with van der Waals surface area (Å²) in [6, 6.07) is 4.72. The van der Waals surface area contributed by atoms with Crippen LogP contribution in [0.25, 0.3) is 0 Å². The monoisotopic (exact) mass is 249 g/mol. The lowest BCUT2D eigenvalue weighted by Gasteiger charge is -2.27. The van der Waals surface area contributed by atoms with E-state index in [2.05, 4.69) is 0 Å². The van der Waals surface area contributed by atoms with Crippen LogP contribution in [0.4, 0.5) is 0 Å². The van der Waals surface area contributed by atoms with Crippen LogP contribution >= 0.6 is 0 Å². The summed E-state index contributed by atoms with van der Waals surface area (Å²) in [4.78, 5) is 23.9. The van der Waals surface area contributed by atoms with Crippen molar-refractivity contribution in [1.82, 2.24) is 4.90 Å². The molecule has 4 nitrogen and oxygen atoms in total. The number of benzene rings is 1. The van der Waals surface area contributed by atoms with Crippen molar-refractivity contribution in [1.29, 1.82) is 0 Å². The molecule has 1 atom stereocenters. The lowest BCUT2D eigenvalue weighted by molar-refractivity contribution is -0.146. The van der Waals surface area contributed by atoms with Gasteiger partial charge in [0.2, 0.25) is 6.41 Å². The molecular formula is C14H19NO3. The minimum Gasteiger partial charge on any atom is -0.479 e. The van der Waals surface area contributed by atoms with Crippen molar-refractivity contribution < 1.29 is 14.7 Å². The van der Waals surface area contributed by atoms with Crippen molar-refractivity contribution in [3.63, 3.8) is 0 Å². The maximum absolute atomic E-state index is 11.5. The molecule has 4 heteroatoms. The van der Waals surface area contributed by atoms with E-state index >= 15 is 0 Å². The Morgan fingerprint density at radius 1 is 1.39 bits per heavy atom. The summed E-state index contributed by atoms with van der Waals surface area (Å²) in [5.74, 6) is -0.993. The predicted octanol–water partition coefficient (Wildman–Crippen LogP) is 2.30. The van der Waals surface area contributed by atoms with Crippen LogP contribution in [0.5, 0.6) is 0 Å². The Bertz CT molecular complexity index is 422. The Hall–Kier alpha value is -1.84. The highest BCUT2D eigenvalue weighted by atomic mass is 16.4. The third kappa shape index (κ3) is 2.88. The third-order valence-electron chi connectivity index (χ3n) is 3.00. The lowest BCUT2D eigenvalue weighted by atomic mass is 9.95. The maximum Gasteiger partial charge on any atom is 0.331 e. The van der Waals surface area contributed by atoms with E-state index in [1.165, 1.54) is 4.90 Å². The maximum atomic E-state index is 11.5. The summed E-state index contributed by atoms with van der Waals surface area (Å²) in [5, 5.41) is 9.40. The largest absolute Gasteiger partial charge is 0.479 e. The second-order valence-corrected chi connectivity index (χ2v) is 4.39. The van der Waals surface area contributed by atoms with E-state index in [1.54, 1.807) is 0 Å². The first-order valence-electron chi connectivity index (χ1n) is 6.02. The van der Waals surface area contributed by atoms with Crippen molar-refractivity contribution >= 4 is 12.4 Å². The zero-order valence-corrected chi connectivity index (χ0v) is 11.0. The molecule has 18 heavy (non-hydrogen) atoms. The zero-order chi connectivity index (χ0) is 13.7. The van der Waals surface area contributed by atoms with Gasteiger partial charge >= 0.3 is 5.97 Å². The Kier molecular flexibility index (Phi) is 4.89. The van der Waals surface area contributed by atoms with Crippen molar-refractivity contribution in [2.45, 2.75) is 33.2 Å². The average molecular weight is 249 g/mol. The van der Waals surface area contributed by atoms with Crippen LogP contribution in [0.15, 0.2) is 18.2 Å². The fourth-order valence-electron chi connectivity index (χ4n) is 2.19. The number of rotatable bonds is 6. The average Bonchev–Trinajstić information content (AvgIpc) is 2.31. The number of hydrogen-bond acceptors (Lipinski definition) is 2. The molecule has 0 aliphatic heterocycles. The fourth-order valence-corrected chi connectivity index (χ4v) is 2.19. The number of amides is 1. The van der Waals surface area contributed by atoms with Crippen LogP contribution in [0.2, 0.25) is 0 Å². The molecule has 0 heterocycles. The molecule has 98 valence electrons. The van der Waals surface area contributed by atoms with Crippen LogP contribution in [0, 0.1) is 13.8 Å². The van der Waals surface area contributed by atoms with Crippen LogP contribution in [-0.4, -0.2) is 28.9 Å². The second kappa shape index (κ2) is 6.19. The summed E-state index contributed by atoms with van der Waals surface area (Å²) in [6.07, 6.45) is 1.35. The first-order valence-corrected chi connectivity index (χ1v) is 6.02. The molecule has 0 radical (unpaired) electrons. The Labute approximate surface area is 107 Å². The molecular weight excluding hydrogens is 230 g/mol. The van der Waals surface area contributed by atoms with Gasteiger partial charge in [-0.25, -0.2) is 4.79 Å².